The molecule has 0 saturated heterocycles. The molecule has 5 rings (SSSR count). The molecular weight excluding hydrogens is 520 g/mol. The second-order valence-corrected chi connectivity index (χ2v) is 9.46. The summed E-state index contributed by atoms with van der Waals surface area (Å²) in [6.45, 7) is 1.92. The van der Waals surface area contributed by atoms with Gasteiger partial charge in [0.15, 0.2) is 0 Å². The standard InChI is InChI=1S/C30H25ClN2O6/c1-16-5-14-22-21(15-16)23(28(34)32-22)24-25(29(35)38-3)27(30(36)39-4)33(19-10-12-20(37-2)13-11-19)26(24)17-6-8-18(31)9-7-17/h5-15,23H,1-4H3,(H,32,34). The number of methoxy groups -OCH3 is 3. The molecule has 0 radical (unpaired) electrons. The van der Waals surface area contributed by atoms with Gasteiger partial charge in [-0.1, -0.05) is 41.4 Å². The number of halogens is 1. The number of amides is 1. The Morgan fingerprint density at radius 3 is 2.18 bits per heavy atom. The van der Waals surface area contributed by atoms with Crippen LogP contribution in [0.15, 0.2) is 66.7 Å². The Kier molecular flexibility index (Phi) is 6.89. The highest BCUT2D eigenvalue weighted by Crippen LogP contribution is 2.47. The van der Waals surface area contributed by atoms with Gasteiger partial charge in [0.2, 0.25) is 5.91 Å². The van der Waals surface area contributed by atoms with Gasteiger partial charge in [-0.15, -0.1) is 0 Å². The molecule has 1 unspecified atom stereocenters. The Morgan fingerprint density at radius 2 is 1.56 bits per heavy atom. The highest BCUT2D eigenvalue weighted by Gasteiger charge is 2.43. The summed E-state index contributed by atoms with van der Waals surface area (Å²) in [6.07, 6.45) is 0. The molecule has 1 amide bonds. The van der Waals surface area contributed by atoms with Crippen molar-refractivity contribution in [2.75, 3.05) is 26.6 Å². The number of rotatable bonds is 6. The van der Waals surface area contributed by atoms with E-state index in [0.29, 0.717) is 44.5 Å². The van der Waals surface area contributed by atoms with E-state index in [1.807, 2.05) is 25.1 Å². The summed E-state index contributed by atoms with van der Waals surface area (Å²) < 4.78 is 17.3. The number of carbonyl (C=O) groups excluding carboxylic acids is 3. The Labute approximate surface area is 230 Å². The van der Waals surface area contributed by atoms with Gasteiger partial charge in [-0.3, -0.25) is 4.79 Å². The molecule has 0 fully saturated rings. The van der Waals surface area contributed by atoms with E-state index in [1.165, 1.54) is 14.2 Å². The van der Waals surface area contributed by atoms with Crippen molar-refractivity contribution in [1.29, 1.82) is 0 Å². The minimum atomic E-state index is -0.914. The van der Waals surface area contributed by atoms with Gasteiger partial charge in [-0.05, 0) is 60.5 Å². The zero-order valence-corrected chi connectivity index (χ0v) is 22.5. The van der Waals surface area contributed by atoms with Gasteiger partial charge < -0.3 is 24.1 Å². The molecule has 9 heteroatoms. The molecule has 1 aliphatic heterocycles. The lowest BCUT2D eigenvalue weighted by molar-refractivity contribution is -0.116. The molecule has 0 aliphatic carbocycles. The van der Waals surface area contributed by atoms with Gasteiger partial charge in [0.1, 0.15) is 11.4 Å². The van der Waals surface area contributed by atoms with Crippen LogP contribution in [0.5, 0.6) is 5.75 Å². The number of fused-ring (bicyclic) bond motifs is 1. The number of carbonyl (C=O) groups is 3. The van der Waals surface area contributed by atoms with Crippen molar-refractivity contribution in [2.24, 2.45) is 0 Å². The monoisotopic (exact) mass is 544 g/mol. The first-order valence-corrected chi connectivity index (χ1v) is 12.4. The molecule has 1 aliphatic rings. The van der Waals surface area contributed by atoms with Crippen molar-refractivity contribution in [3.8, 4) is 22.7 Å². The summed E-state index contributed by atoms with van der Waals surface area (Å²) in [5.41, 5.74) is 4.07. The Hall–Kier alpha value is -4.56. The van der Waals surface area contributed by atoms with Crippen molar-refractivity contribution >= 4 is 35.1 Å². The number of esters is 2. The van der Waals surface area contributed by atoms with Crippen molar-refractivity contribution in [3.63, 3.8) is 0 Å². The highest BCUT2D eigenvalue weighted by molar-refractivity contribution is 6.30. The van der Waals surface area contributed by atoms with Crippen LogP contribution in [0.1, 0.15) is 43.5 Å². The van der Waals surface area contributed by atoms with Gasteiger partial charge in [-0.25, -0.2) is 9.59 Å². The average Bonchev–Trinajstić information content (AvgIpc) is 3.46. The number of anilines is 1. The molecule has 1 atom stereocenters. The fourth-order valence-electron chi connectivity index (χ4n) is 5.02. The van der Waals surface area contributed by atoms with Crippen LogP contribution in [0.2, 0.25) is 5.02 Å². The Morgan fingerprint density at radius 1 is 0.897 bits per heavy atom. The molecule has 198 valence electrons. The number of nitrogens with zero attached hydrogens (tertiary/aromatic N) is 1. The largest absolute Gasteiger partial charge is 0.497 e. The third kappa shape index (κ3) is 4.42. The molecule has 4 aromatic rings. The van der Waals surface area contributed by atoms with Crippen LogP contribution in [0.4, 0.5) is 5.69 Å². The number of aromatic nitrogens is 1. The zero-order chi connectivity index (χ0) is 27.8. The second kappa shape index (κ2) is 10.3. The van der Waals surface area contributed by atoms with E-state index >= 15 is 0 Å². The van der Waals surface area contributed by atoms with E-state index in [2.05, 4.69) is 5.32 Å². The van der Waals surface area contributed by atoms with Crippen LogP contribution in [-0.2, 0) is 14.3 Å². The van der Waals surface area contributed by atoms with Gasteiger partial charge in [0, 0.05) is 22.0 Å². The molecule has 2 heterocycles. The van der Waals surface area contributed by atoms with E-state index < -0.39 is 17.9 Å². The average molecular weight is 545 g/mol. The minimum absolute atomic E-state index is 0.0559. The van der Waals surface area contributed by atoms with Crippen molar-refractivity contribution in [3.05, 3.63) is 99.7 Å². The van der Waals surface area contributed by atoms with E-state index in [0.717, 1.165) is 5.56 Å². The molecule has 39 heavy (non-hydrogen) atoms. The second-order valence-electron chi connectivity index (χ2n) is 9.02. The van der Waals surface area contributed by atoms with Crippen molar-refractivity contribution in [2.45, 2.75) is 12.8 Å². The SMILES string of the molecule is COC(=O)c1c(C2C(=O)Nc3ccc(C)cc32)c(-c2ccc(Cl)cc2)n(-c2ccc(OC)cc2)c1C(=O)OC. The summed E-state index contributed by atoms with van der Waals surface area (Å²) >= 11 is 6.21. The number of ether oxygens (including phenoxy) is 3. The highest BCUT2D eigenvalue weighted by atomic mass is 35.5. The molecule has 0 spiro atoms. The quantitative estimate of drug-likeness (QED) is 0.309. The normalized spacial score (nSPS) is 14.0. The zero-order valence-electron chi connectivity index (χ0n) is 21.7. The smallest absolute Gasteiger partial charge is 0.355 e. The Balaban J connectivity index is 1.97. The van der Waals surface area contributed by atoms with Crippen LogP contribution in [-0.4, -0.2) is 43.7 Å². The summed E-state index contributed by atoms with van der Waals surface area (Å²) in [6, 6.07) is 19.5. The fourth-order valence-corrected chi connectivity index (χ4v) is 5.15. The van der Waals surface area contributed by atoms with E-state index in [4.69, 9.17) is 25.8 Å². The van der Waals surface area contributed by atoms with Gasteiger partial charge in [0.05, 0.1) is 38.5 Å². The van der Waals surface area contributed by atoms with Crippen LogP contribution < -0.4 is 10.1 Å². The van der Waals surface area contributed by atoms with Crippen LogP contribution in [0.25, 0.3) is 16.9 Å². The third-order valence-corrected chi connectivity index (χ3v) is 7.00. The number of aryl methyl sites for hydroxylation is 1. The maximum absolute atomic E-state index is 13.6. The first kappa shape index (κ1) is 26.1. The third-order valence-electron chi connectivity index (χ3n) is 6.75. The lowest BCUT2D eigenvalue weighted by atomic mass is 9.87. The van der Waals surface area contributed by atoms with Gasteiger partial charge in [0.25, 0.3) is 0 Å². The van der Waals surface area contributed by atoms with Gasteiger partial charge >= 0.3 is 11.9 Å². The molecule has 1 aromatic heterocycles. The fraction of sp³-hybridized carbons (Fsp3) is 0.167. The topological polar surface area (TPSA) is 95.9 Å². The van der Waals surface area contributed by atoms with E-state index in [-0.39, 0.29) is 17.2 Å². The molecule has 1 N–H and O–H groups in total. The van der Waals surface area contributed by atoms with Crippen LogP contribution in [0.3, 0.4) is 0 Å². The molecular formula is C30H25ClN2O6. The number of hydrogen-bond donors (Lipinski definition) is 1. The van der Waals surface area contributed by atoms with Crippen molar-refractivity contribution < 1.29 is 28.6 Å². The van der Waals surface area contributed by atoms with Crippen LogP contribution >= 0.6 is 11.6 Å². The molecule has 3 aromatic carbocycles. The maximum atomic E-state index is 13.6. The number of benzene rings is 3. The summed E-state index contributed by atoms with van der Waals surface area (Å²) in [7, 11) is 4.01. The first-order valence-electron chi connectivity index (χ1n) is 12.1. The summed E-state index contributed by atoms with van der Waals surface area (Å²) in [5.74, 6) is -2.19. The molecule has 0 bridgehead atoms. The molecule has 0 saturated carbocycles. The van der Waals surface area contributed by atoms with Crippen LogP contribution in [0, 0.1) is 6.92 Å². The molecule has 8 nitrogen and oxygen atoms in total. The van der Waals surface area contributed by atoms with E-state index in [1.54, 1.807) is 60.2 Å². The first-order chi connectivity index (χ1) is 18.8. The maximum Gasteiger partial charge on any atom is 0.355 e. The lowest BCUT2D eigenvalue weighted by Gasteiger charge is -2.17. The number of hydrogen-bond acceptors (Lipinski definition) is 6. The summed E-state index contributed by atoms with van der Waals surface area (Å²) in [5, 5.41) is 3.42. The van der Waals surface area contributed by atoms with Gasteiger partial charge in [-0.2, -0.15) is 0 Å². The Bertz CT molecular complexity index is 1610. The number of nitrogens with one attached hydrogen (secondary N) is 1. The van der Waals surface area contributed by atoms with E-state index in [9.17, 15) is 14.4 Å². The predicted molar refractivity (Wildman–Crippen MR) is 147 cm³/mol. The summed E-state index contributed by atoms with van der Waals surface area (Å²) in [4.78, 5) is 40.5. The minimum Gasteiger partial charge on any atom is -0.497 e. The van der Waals surface area contributed by atoms with Crippen molar-refractivity contribution in [1.82, 2.24) is 4.57 Å². The lowest BCUT2D eigenvalue weighted by Crippen LogP contribution is -2.18. The predicted octanol–water partition coefficient (Wildman–Crippen LogP) is 5.77.